The van der Waals surface area contributed by atoms with Gasteiger partial charge >= 0.3 is 0 Å². The summed E-state index contributed by atoms with van der Waals surface area (Å²) in [5.74, 6) is 6.77. The number of aliphatic hydroxyl groups is 1. The van der Waals surface area contributed by atoms with Gasteiger partial charge in [0.2, 0.25) is 0 Å². The number of anilines is 1. The molecule has 0 atom stereocenters. The average Bonchev–Trinajstić information content (AvgIpc) is 2.27. The van der Waals surface area contributed by atoms with Crippen LogP contribution in [0, 0.1) is 5.92 Å². The van der Waals surface area contributed by atoms with Crippen molar-refractivity contribution < 1.29 is 5.11 Å². The molecule has 0 unspecified atom stereocenters. The van der Waals surface area contributed by atoms with E-state index in [1.807, 2.05) is 12.1 Å². The van der Waals surface area contributed by atoms with Crippen molar-refractivity contribution in [2.24, 2.45) is 11.8 Å². The maximum Gasteiger partial charge on any atom is 0.144 e. The summed E-state index contributed by atoms with van der Waals surface area (Å²) >= 11 is 0. The molecular weight excluding hydrogens is 216 g/mol. The van der Waals surface area contributed by atoms with Crippen LogP contribution in [-0.4, -0.2) is 34.7 Å². The van der Waals surface area contributed by atoms with E-state index in [-0.39, 0.29) is 6.10 Å². The zero-order valence-corrected chi connectivity index (χ0v) is 10.1. The van der Waals surface area contributed by atoms with Crippen LogP contribution >= 0.6 is 0 Å². The Bertz CT molecular complexity index is 365. The first-order valence-electron chi connectivity index (χ1n) is 5.96. The van der Waals surface area contributed by atoms with Gasteiger partial charge in [-0.25, -0.2) is 10.8 Å². The number of hydrogen-bond acceptors (Lipinski definition) is 5. The van der Waals surface area contributed by atoms with Gasteiger partial charge in [0.05, 0.1) is 6.10 Å². The van der Waals surface area contributed by atoms with Crippen LogP contribution in [0.2, 0.25) is 0 Å². The largest absolute Gasteiger partial charge is 0.393 e. The van der Waals surface area contributed by atoms with Gasteiger partial charge in [0.25, 0.3) is 0 Å². The molecule has 5 heteroatoms. The Kier molecular flexibility index (Phi) is 3.93. The standard InChI is InChI=1S/C12H20N4O/c1-16(7-9-5-11(17)6-9)8-10-3-2-4-14-12(10)15-13/h2-4,9,11,17H,5-8,13H2,1H3,(H,14,15). The first-order chi connectivity index (χ1) is 8.19. The fourth-order valence-electron chi connectivity index (χ4n) is 2.34. The molecule has 1 fully saturated rings. The minimum Gasteiger partial charge on any atom is -0.393 e. The summed E-state index contributed by atoms with van der Waals surface area (Å²) in [5.41, 5.74) is 3.71. The van der Waals surface area contributed by atoms with Gasteiger partial charge in [-0.15, -0.1) is 0 Å². The number of hydrogen-bond donors (Lipinski definition) is 3. The molecule has 2 rings (SSSR count). The number of nitrogens with two attached hydrogens (primary N) is 1. The number of nitrogens with one attached hydrogen (secondary N) is 1. The molecule has 17 heavy (non-hydrogen) atoms. The minimum atomic E-state index is -0.0759. The highest BCUT2D eigenvalue weighted by molar-refractivity contribution is 5.42. The Morgan fingerprint density at radius 3 is 3.00 bits per heavy atom. The van der Waals surface area contributed by atoms with E-state index < -0.39 is 0 Å². The lowest BCUT2D eigenvalue weighted by Crippen LogP contribution is -2.37. The lowest BCUT2D eigenvalue weighted by atomic mass is 9.82. The molecule has 0 aliphatic heterocycles. The van der Waals surface area contributed by atoms with E-state index >= 15 is 0 Å². The molecule has 1 heterocycles. The second kappa shape index (κ2) is 5.44. The van der Waals surface area contributed by atoms with Crippen molar-refractivity contribution >= 4 is 5.82 Å². The molecule has 1 aliphatic rings. The SMILES string of the molecule is CN(Cc1cccnc1NN)CC1CC(O)C1. The number of aliphatic hydroxyl groups excluding tert-OH is 1. The molecule has 1 aliphatic carbocycles. The number of pyridine rings is 1. The third-order valence-electron chi connectivity index (χ3n) is 3.25. The van der Waals surface area contributed by atoms with Gasteiger partial charge in [-0.3, -0.25) is 0 Å². The summed E-state index contributed by atoms with van der Waals surface area (Å²) in [4.78, 5) is 6.42. The normalized spacial score (nSPS) is 23.5. The molecule has 94 valence electrons. The predicted molar refractivity (Wildman–Crippen MR) is 67.1 cm³/mol. The predicted octanol–water partition coefficient (Wildman–Crippen LogP) is 0.570. The Hall–Kier alpha value is -1.17. The van der Waals surface area contributed by atoms with E-state index in [1.165, 1.54) is 0 Å². The van der Waals surface area contributed by atoms with Crippen molar-refractivity contribution in [3.8, 4) is 0 Å². The Morgan fingerprint density at radius 2 is 2.35 bits per heavy atom. The minimum absolute atomic E-state index is 0.0759. The van der Waals surface area contributed by atoms with Crippen LogP contribution < -0.4 is 11.3 Å². The molecule has 4 N–H and O–H groups in total. The molecule has 0 saturated heterocycles. The lowest BCUT2D eigenvalue weighted by molar-refractivity contribution is 0.0274. The van der Waals surface area contributed by atoms with Crippen LogP contribution in [0.1, 0.15) is 18.4 Å². The molecule has 0 radical (unpaired) electrons. The number of rotatable bonds is 5. The summed E-state index contributed by atoms with van der Waals surface area (Å²) in [5, 5.41) is 9.25. The van der Waals surface area contributed by atoms with Crippen molar-refractivity contribution in [2.45, 2.75) is 25.5 Å². The second-order valence-electron chi connectivity index (χ2n) is 4.84. The van der Waals surface area contributed by atoms with Crippen LogP contribution in [0.3, 0.4) is 0 Å². The average molecular weight is 236 g/mol. The highest BCUT2D eigenvalue weighted by Crippen LogP contribution is 2.28. The fourth-order valence-corrected chi connectivity index (χ4v) is 2.34. The van der Waals surface area contributed by atoms with Gasteiger partial charge in [0.15, 0.2) is 0 Å². The third kappa shape index (κ3) is 3.15. The van der Waals surface area contributed by atoms with Crippen molar-refractivity contribution in [1.29, 1.82) is 0 Å². The van der Waals surface area contributed by atoms with Gasteiger partial charge < -0.3 is 15.4 Å². The Labute approximate surface area is 102 Å². The quantitative estimate of drug-likeness (QED) is 0.515. The first-order valence-corrected chi connectivity index (χ1v) is 5.96. The van der Waals surface area contributed by atoms with Gasteiger partial charge in [-0.05, 0) is 31.9 Å². The summed E-state index contributed by atoms with van der Waals surface area (Å²) < 4.78 is 0. The monoisotopic (exact) mass is 236 g/mol. The van der Waals surface area contributed by atoms with Crippen LogP contribution in [0.15, 0.2) is 18.3 Å². The van der Waals surface area contributed by atoms with E-state index in [4.69, 9.17) is 5.84 Å². The second-order valence-corrected chi connectivity index (χ2v) is 4.84. The smallest absolute Gasteiger partial charge is 0.144 e. The highest BCUT2D eigenvalue weighted by atomic mass is 16.3. The van der Waals surface area contributed by atoms with E-state index in [9.17, 15) is 5.11 Å². The topological polar surface area (TPSA) is 74.4 Å². The molecule has 1 aromatic heterocycles. The number of nitrogen functional groups attached to an aromatic ring is 1. The molecule has 0 spiro atoms. The number of nitrogens with zero attached hydrogens (tertiary/aromatic N) is 2. The fraction of sp³-hybridized carbons (Fsp3) is 0.583. The van der Waals surface area contributed by atoms with Crippen molar-refractivity contribution in [2.75, 3.05) is 19.0 Å². The molecule has 0 amide bonds. The molecular formula is C12H20N4O. The first kappa shape index (κ1) is 12.3. The van der Waals surface area contributed by atoms with Crippen LogP contribution in [0.25, 0.3) is 0 Å². The summed E-state index contributed by atoms with van der Waals surface area (Å²) in [6.07, 6.45) is 3.51. The summed E-state index contributed by atoms with van der Waals surface area (Å²) in [6, 6.07) is 3.94. The van der Waals surface area contributed by atoms with Gasteiger partial charge in [-0.2, -0.15) is 0 Å². The maximum atomic E-state index is 9.25. The zero-order chi connectivity index (χ0) is 12.3. The number of hydrazine groups is 1. The highest BCUT2D eigenvalue weighted by Gasteiger charge is 2.27. The number of aromatic nitrogens is 1. The van der Waals surface area contributed by atoms with E-state index in [2.05, 4.69) is 22.4 Å². The molecule has 5 nitrogen and oxygen atoms in total. The van der Waals surface area contributed by atoms with Gasteiger partial charge in [-0.1, -0.05) is 6.07 Å². The van der Waals surface area contributed by atoms with E-state index in [0.717, 1.165) is 37.3 Å². The van der Waals surface area contributed by atoms with E-state index in [0.29, 0.717) is 5.92 Å². The molecule has 1 saturated carbocycles. The maximum absolute atomic E-state index is 9.25. The van der Waals surface area contributed by atoms with Crippen LogP contribution in [-0.2, 0) is 6.54 Å². The van der Waals surface area contributed by atoms with Crippen LogP contribution in [0.5, 0.6) is 0 Å². The lowest BCUT2D eigenvalue weighted by Gasteiger charge is -2.34. The molecule has 0 bridgehead atoms. The Morgan fingerprint density at radius 1 is 1.59 bits per heavy atom. The molecule has 1 aromatic rings. The van der Waals surface area contributed by atoms with E-state index in [1.54, 1.807) is 6.20 Å². The third-order valence-corrected chi connectivity index (χ3v) is 3.25. The van der Waals surface area contributed by atoms with Crippen molar-refractivity contribution in [1.82, 2.24) is 9.88 Å². The van der Waals surface area contributed by atoms with Crippen molar-refractivity contribution in [3.63, 3.8) is 0 Å². The van der Waals surface area contributed by atoms with Crippen LogP contribution in [0.4, 0.5) is 5.82 Å². The zero-order valence-electron chi connectivity index (χ0n) is 10.1. The van der Waals surface area contributed by atoms with Gasteiger partial charge in [0.1, 0.15) is 5.82 Å². The molecule has 0 aromatic carbocycles. The Balaban J connectivity index is 1.86. The van der Waals surface area contributed by atoms with Crippen molar-refractivity contribution in [3.05, 3.63) is 23.9 Å². The summed E-state index contributed by atoms with van der Waals surface area (Å²) in [7, 11) is 2.08. The van der Waals surface area contributed by atoms with Gasteiger partial charge in [0, 0.05) is 24.8 Å². The summed E-state index contributed by atoms with van der Waals surface area (Å²) in [6.45, 7) is 1.83.